The van der Waals surface area contributed by atoms with Crippen molar-refractivity contribution in [2.75, 3.05) is 11.5 Å². The van der Waals surface area contributed by atoms with Gasteiger partial charge in [0.15, 0.2) is 0 Å². The van der Waals surface area contributed by atoms with E-state index in [1.54, 1.807) is 0 Å². The Balaban J connectivity index is 1.46. The van der Waals surface area contributed by atoms with Crippen LogP contribution < -0.4 is 25.7 Å². The molecule has 168 valence electrons. The molecule has 0 aliphatic heterocycles. The molecule has 4 N–H and O–H groups in total. The van der Waals surface area contributed by atoms with Crippen molar-refractivity contribution < 1.29 is 14.2 Å². The third-order valence-electron chi connectivity index (χ3n) is 5.47. The van der Waals surface area contributed by atoms with Crippen LogP contribution in [0.5, 0.6) is 34.5 Å². The molecule has 5 heteroatoms. The van der Waals surface area contributed by atoms with E-state index in [-0.39, 0.29) is 0 Å². The molecule has 0 saturated heterocycles. The number of ether oxygens (including phenoxy) is 3. The Labute approximate surface area is 194 Å². The SMILES string of the molecule is Cc1cc(Oc2ccc(Oc3ccc(Oc4ccc(N)c(C)c4)cc3C)c(C)c2)ccc1N. The zero-order chi connectivity index (χ0) is 23.5. The van der Waals surface area contributed by atoms with Gasteiger partial charge in [-0.05, 0) is 123 Å². The minimum atomic E-state index is 0.739. The van der Waals surface area contributed by atoms with E-state index in [1.807, 2.05) is 100 Å². The monoisotopic (exact) mass is 440 g/mol. The molecule has 0 fully saturated rings. The molecule has 33 heavy (non-hydrogen) atoms. The number of benzene rings is 4. The first-order chi connectivity index (χ1) is 15.8. The average molecular weight is 441 g/mol. The van der Waals surface area contributed by atoms with Crippen LogP contribution in [-0.4, -0.2) is 0 Å². The molecule has 4 aromatic carbocycles. The zero-order valence-corrected chi connectivity index (χ0v) is 19.3. The van der Waals surface area contributed by atoms with Gasteiger partial charge in [0.2, 0.25) is 0 Å². The summed E-state index contributed by atoms with van der Waals surface area (Å²) >= 11 is 0. The van der Waals surface area contributed by atoms with E-state index in [1.165, 1.54) is 0 Å². The lowest BCUT2D eigenvalue weighted by atomic mass is 10.1. The molecule has 0 unspecified atom stereocenters. The van der Waals surface area contributed by atoms with Gasteiger partial charge in [-0.25, -0.2) is 0 Å². The number of aryl methyl sites for hydroxylation is 4. The summed E-state index contributed by atoms with van der Waals surface area (Å²) in [6, 6.07) is 22.8. The Morgan fingerprint density at radius 3 is 1.09 bits per heavy atom. The van der Waals surface area contributed by atoms with Crippen molar-refractivity contribution in [3.05, 3.63) is 95.1 Å². The molecule has 0 atom stereocenters. The van der Waals surface area contributed by atoms with Gasteiger partial charge in [-0.1, -0.05) is 0 Å². The third kappa shape index (κ3) is 5.21. The molecule has 0 saturated carbocycles. The van der Waals surface area contributed by atoms with Gasteiger partial charge in [-0.2, -0.15) is 0 Å². The lowest BCUT2D eigenvalue weighted by molar-refractivity contribution is 0.458. The van der Waals surface area contributed by atoms with Gasteiger partial charge >= 0.3 is 0 Å². The molecule has 0 radical (unpaired) electrons. The van der Waals surface area contributed by atoms with Crippen molar-refractivity contribution in [1.82, 2.24) is 0 Å². The molecule has 0 amide bonds. The van der Waals surface area contributed by atoms with E-state index in [9.17, 15) is 0 Å². The normalized spacial score (nSPS) is 10.7. The van der Waals surface area contributed by atoms with Crippen LogP contribution in [0.4, 0.5) is 11.4 Å². The second-order valence-electron chi connectivity index (χ2n) is 8.20. The molecule has 0 heterocycles. The molecule has 0 aliphatic carbocycles. The van der Waals surface area contributed by atoms with Gasteiger partial charge in [0.25, 0.3) is 0 Å². The number of rotatable bonds is 6. The minimum Gasteiger partial charge on any atom is -0.457 e. The maximum atomic E-state index is 6.18. The summed E-state index contributed by atoms with van der Waals surface area (Å²) < 4.78 is 18.1. The van der Waals surface area contributed by atoms with Gasteiger partial charge in [-0.3, -0.25) is 0 Å². The van der Waals surface area contributed by atoms with Crippen molar-refractivity contribution in [1.29, 1.82) is 0 Å². The second-order valence-corrected chi connectivity index (χ2v) is 8.20. The Morgan fingerprint density at radius 1 is 0.424 bits per heavy atom. The third-order valence-corrected chi connectivity index (χ3v) is 5.47. The fourth-order valence-corrected chi connectivity index (χ4v) is 3.41. The van der Waals surface area contributed by atoms with Crippen molar-refractivity contribution in [3.63, 3.8) is 0 Å². The topological polar surface area (TPSA) is 79.7 Å². The van der Waals surface area contributed by atoms with Gasteiger partial charge in [0.1, 0.15) is 34.5 Å². The lowest BCUT2D eigenvalue weighted by Crippen LogP contribution is -1.94. The number of nitrogen functional groups attached to an aromatic ring is 2. The maximum Gasteiger partial charge on any atom is 0.130 e. The summed E-state index contributed by atoms with van der Waals surface area (Å²) in [7, 11) is 0. The average Bonchev–Trinajstić information content (AvgIpc) is 2.77. The van der Waals surface area contributed by atoms with Gasteiger partial charge < -0.3 is 25.7 Å². The summed E-state index contributed by atoms with van der Waals surface area (Å²) in [6.45, 7) is 7.90. The van der Waals surface area contributed by atoms with E-state index in [4.69, 9.17) is 25.7 Å². The highest BCUT2D eigenvalue weighted by molar-refractivity contribution is 5.52. The molecule has 0 bridgehead atoms. The van der Waals surface area contributed by atoms with Crippen molar-refractivity contribution in [3.8, 4) is 34.5 Å². The molecule has 4 rings (SSSR count). The van der Waals surface area contributed by atoms with Crippen LogP contribution in [0.1, 0.15) is 22.3 Å². The first-order valence-electron chi connectivity index (χ1n) is 10.8. The second kappa shape index (κ2) is 9.17. The van der Waals surface area contributed by atoms with E-state index in [0.717, 1.165) is 68.1 Å². The maximum absolute atomic E-state index is 6.18. The Bertz CT molecular complexity index is 1210. The number of anilines is 2. The largest absolute Gasteiger partial charge is 0.457 e. The summed E-state index contributed by atoms with van der Waals surface area (Å²) in [5.41, 5.74) is 17.2. The summed E-state index contributed by atoms with van der Waals surface area (Å²) in [4.78, 5) is 0. The van der Waals surface area contributed by atoms with Crippen LogP contribution in [0.3, 0.4) is 0 Å². The number of nitrogens with two attached hydrogens (primary N) is 2. The van der Waals surface area contributed by atoms with E-state index < -0.39 is 0 Å². The van der Waals surface area contributed by atoms with Crippen molar-refractivity contribution in [2.24, 2.45) is 0 Å². The number of hydrogen-bond acceptors (Lipinski definition) is 5. The Kier molecular flexibility index (Phi) is 6.13. The van der Waals surface area contributed by atoms with Crippen LogP contribution >= 0.6 is 0 Å². The van der Waals surface area contributed by atoms with Crippen LogP contribution in [-0.2, 0) is 0 Å². The predicted octanol–water partition coefficient (Wildman–Crippen LogP) is 7.46. The smallest absolute Gasteiger partial charge is 0.130 e. The molecule has 0 aliphatic rings. The highest BCUT2D eigenvalue weighted by Gasteiger charge is 2.09. The van der Waals surface area contributed by atoms with Crippen molar-refractivity contribution >= 4 is 11.4 Å². The molecule has 0 aromatic heterocycles. The summed E-state index contributed by atoms with van der Waals surface area (Å²) in [5.74, 6) is 4.50. The zero-order valence-electron chi connectivity index (χ0n) is 19.3. The van der Waals surface area contributed by atoms with Crippen LogP contribution in [0, 0.1) is 27.7 Å². The number of hydrogen-bond donors (Lipinski definition) is 2. The standard InChI is InChI=1S/C28H28N2O3/c1-17-13-21(5-9-25(17)29)31-23-7-11-27(19(3)15-23)33-28-12-8-24(16-20(28)4)32-22-6-10-26(30)18(2)14-22/h5-16H,29-30H2,1-4H3. The van der Waals surface area contributed by atoms with Crippen LogP contribution in [0.15, 0.2) is 72.8 Å². The highest BCUT2D eigenvalue weighted by Crippen LogP contribution is 2.34. The van der Waals surface area contributed by atoms with Crippen LogP contribution in [0.25, 0.3) is 0 Å². The minimum absolute atomic E-state index is 0.739. The Morgan fingerprint density at radius 2 is 0.758 bits per heavy atom. The highest BCUT2D eigenvalue weighted by atomic mass is 16.5. The molecule has 5 nitrogen and oxygen atoms in total. The fraction of sp³-hybridized carbons (Fsp3) is 0.143. The first-order valence-corrected chi connectivity index (χ1v) is 10.8. The van der Waals surface area contributed by atoms with E-state index >= 15 is 0 Å². The quantitative estimate of drug-likeness (QED) is 0.304. The summed E-state index contributed by atoms with van der Waals surface area (Å²) in [6.07, 6.45) is 0. The van der Waals surface area contributed by atoms with E-state index in [2.05, 4.69) is 0 Å². The van der Waals surface area contributed by atoms with Gasteiger partial charge in [0, 0.05) is 11.4 Å². The lowest BCUT2D eigenvalue weighted by Gasteiger charge is -2.14. The fourth-order valence-electron chi connectivity index (χ4n) is 3.41. The predicted molar refractivity (Wildman–Crippen MR) is 134 cm³/mol. The van der Waals surface area contributed by atoms with Crippen molar-refractivity contribution in [2.45, 2.75) is 27.7 Å². The Hall–Kier alpha value is -4.12. The summed E-state index contributed by atoms with van der Waals surface area (Å²) in [5, 5.41) is 0. The molecular weight excluding hydrogens is 412 g/mol. The first kappa shape index (κ1) is 22.1. The van der Waals surface area contributed by atoms with Gasteiger partial charge in [0.05, 0.1) is 0 Å². The van der Waals surface area contributed by atoms with Crippen LogP contribution in [0.2, 0.25) is 0 Å². The van der Waals surface area contributed by atoms with Gasteiger partial charge in [-0.15, -0.1) is 0 Å². The molecule has 0 spiro atoms. The molecule has 4 aromatic rings. The van der Waals surface area contributed by atoms with E-state index in [0.29, 0.717) is 0 Å². The molecular formula is C28H28N2O3.